The van der Waals surface area contributed by atoms with E-state index in [1.807, 2.05) is 0 Å². The van der Waals surface area contributed by atoms with Gasteiger partial charge in [0, 0.05) is 44.5 Å². The van der Waals surface area contributed by atoms with Crippen LogP contribution in [0.15, 0.2) is 140 Å². The van der Waals surface area contributed by atoms with Crippen LogP contribution in [0.25, 0.3) is 27.5 Å². The number of aromatic nitrogens is 1. The van der Waals surface area contributed by atoms with E-state index in [0.717, 1.165) is 17.1 Å². The second-order valence-corrected chi connectivity index (χ2v) is 12.2. The molecular formula is C39H29BN2. The van der Waals surface area contributed by atoms with Crippen molar-refractivity contribution in [2.75, 3.05) is 4.90 Å². The number of fused-ring (bicyclic) bond motifs is 8. The van der Waals surface area contributed by atoms with Crippen molar-refractivity contribution in [3.63, 3.8) is 0 Å². The van der Waals surface area contributed by atoms with Crippen molar-refractivity contribution in [1.82, 2.24) is 4.57 Å². The molecule has 2 aliphatic rings. The number of anilines is 3. The molecule has 7 aromatic rings. The van der Waals surface area contributed by atoms with Gasteiger partial charge in [-0.25, -0.2) is 0 Å². The van der Waals surface area contributed by atoms with E-state index in [0.29, 0.717) is 0 Å². The van der Waals surface area contributed by atoms with E-state index in [4.69, 9.17) is 0 Å². The number of benzene rings is 6. The van der Waals surface area contributed by atoms with Gasteiger partial charge in [0.1, 0.15) is 0 Å². The van der Waals surface area contributed by atoms with Crippen LogP contribution in [-0.4, -0.2) is 11.3 Å². The van der Waals surface area contributed by atoms with E-state index in [-0.39, 0.29) is 12.1 Å². The topological polar surface area (TPSA) is 8.17 Å². The maximum Gasteiger partial charge on any atom is 0.247 e. The molecule has 0 atom stereocenters. The molecule has 0 aliphatic carbocycles. The fraction of sp³-hybridized carbons (Fsp3) is 0.0769. The normalized spacial score (nSPS) is 14.1. The first-order valence-corrected chi connectivity index (χ1v) is 14.8. The molecule has 9 rings (SSSR count). The van der Waals surface area contributed by atoms with Crippen LogP contribution >= 0.6 is 0 Å². The second kappa shape index (κ2) is 8.50. The number of para-hydroxylation sites is 3. The van der Waals surface area contributed by atoms with Crippen molar-refractivity contribution in [3.05, 3.63) is 151 Å². The van der Waals surface area contributed by atoms with Gasteiger partial charge in [-0.15, -0.1) is 0 Å². The highest BCUT2D eigenvalue weighted by Crippen LogP contribution is 2.42. The second-order valence-electron chi connectivity index (χ2n) is 12.2. The van der Waals surface area contributed by atoms with E-state index in [1.165, 1.54) is 55.0 Å². The Morgan fingerprint density at radius 2 is 1.21 bits per heavy atom. The van der Waals surface area contributed by atoms with Crippen molar-refractivity contribution in [3.8, 4) is 5.69 Å². The molecule has 42 heavy (non-hydrogen) atoms. The van der Waals surface area contributed by atoms with Gasteiger partial charge < -0.3 is 9.47 Å². The van der Waals surface area contributed by atoms with E-state index < -0.39 is 0 Å². The fourth-order valence-corrected chi connectivity index (χ4v) is 7.82. The summed E-state index contributed by atoms with van der Waals surface area (Å²) in [5, 5.41) is 2.65. The molecule has 0 fully saturated rings. The summed E-state index contributed by atoms with van der Waals surface area (Å²) in [5.74, 6) is 0. The number of hydrogen-bond donors (Lipinski definition) is 0. The first kappa shape index (κ1) is 23.7. The lowest BCUT2D eigenvalue weighted by Crippen LogP contribution is -2.63. The minimum Gasteiger partial charge on any atom is -0.310 e. The smallest absolute Gasteiger partial charge is 0.247 e. The SMILES string of the molecule is CC1(C)c2ccccc2B2c3ccc(N(c4ccccc4)c4ccccc4)cc3-n3c4ccccc4c4ccc1c2c43. The highest BCUT2D eigenvalue weighted by molar-refractivity contribution is 6.99. The molecule has 0 N–H and O–H groups in total. The Morgan fingerprint density at radius 3 is 1.98 bits per heavy atom. The Balaban J connectivity index is 1.40. The van der Waals surface area contributed by atoms with Crippen molar-refractivity contribution in [2.24, 2.45) is 0 Å². The third-order valence-electron chi connectivity index (χ3n) is 9.64. The van der Waals surface area contributed by atoms with Gasteiger partial charge >= 0.3 is 0 Å². The fourth-order valence-electron chi connectivity index (χ4n) is 7.82. The quantitative estimate of drug-likeness (QED) is 0.210. The van der Waals surface area contributed by atoms with Gasteiger partial charge in [0.2, 0.25) is 6.71 Å². The van der Waals surface area contributed by atoms with E-state index in [2.05, 4.69) is 163 Å². The lowest BCUT2D eigenvalue weighted by atomic mass is 9.30. The van der Waals surface area contributed by atoms with Crippen LogP contribution < -0.4 is 21.3 Å². The zero-order valence-corrected chi connectivity index (χ0v) is 23.8. The first-order chi connectivity index (χ1) is 20.6. The molecule has 0 saturated heterocycles. The van der Waals surface area contributed by atoms with Crippen LogP contribution in [0.2, 0.25) is 0 Å². The summed E-state index contributed by atoms with van der Waals surface area (Å²) in [6.07, 6.45) is 0. The molecule has 1 aromatic heterocycles. The minimum absolute atomic E-state index is 0.0766. The molecule has 0 unspecified atom stereocenters. The third-order valence-corrected chi connectivity index (χ3v) is 9.64. The predicted octanol–water partition coefficient (Wildman–Crippen LogP) is 7.72. The number of hydrogen-bond acceptors (Lipinski definition) is 1. The lowest BCUT2D eigenvalue weighted by molar-refractivity contribution is 0.646. The van der Waals surface area contributed by atoms with Gasteiger partial charge in [-0.3, -0.25) is 0 Å². The van der Waals surface area contributed by atoms with Crippen molar-refractivity contribution < 1.29 is 0 Å². The highest BCUT2D eigenvalue weighted by atomic mass is 15.1. The molecule has 0 spiro atoms. The van der Waals surface area contributed by atoms with Crippen LogP contribution in [-0.2, 0) is 5.41 Å². The average molecular weight is 536 g/mol. The Kier molecular flexibility index (Phi) is 4.79. The van der Waals surface area contributed by atoms with Crippen LogP contribution in [0.5, 0.6) is 0 Å². The van der Waals surface area contributed by atoms with Crippen molar-refractivity contribution >= 4 is 62.0 Å². The van der Waals surface area contributed by atoms with Crippen LogP contribution in [0, 0.1) is 0 Å². The minimum atomic E-state index is -0.0766. The van der Waals surface area contributed by atoms with E-state index in [1.54, 1.807) is 0 Å². The lowest BCUT2D eigenvalue weighted by Gasteiger charge is -2.41. The molecule has 198 valence electrons. The average Bonchev–Trinajstić information content (AvgIpc) is 3.38. The maximum absolute atomic E-state index is 2.55. The molecule has 2 aliphatic heterocycles. The van der Waals surface area contributed by atoms with Crippen LogP contribution in [0.1, 0.15) is 25.0 Å². The molecule has 3 heterocycles. The molecule has 0 amide bonds. The summed E-state index contributed by atoms with van der Waals surface area (Å²) in [7, 11) is 0. The Morgan fingerprint density at radius 1 is 0.548 bits per heavy atom. The van der Waals surface area contributed by atoms with E-state index >= 15 is 0 Å². The summed E-state index contributed by atoms with van der Waals surface area (Å²) in [5.41, 5.74) is 14.4. The Bertz CT molecular complexity index is 2140. The maximum atomic E-state index is 2.55. The van der Waals surface area contributed by atoms with Gasteiger partial charge in [0.25, 0.3) is 0 Å². The summed E-state index contributed by atoms with van der Waals surface area (Å²) in [6.45, 7) is 4.97. The van der Waals surface area contributed by atoms with Gasteiger partial charge in [0.05, 0.1) is 5.52 Å². The summed E-state index contributed by atoms with van der Waals surface area (Å²) >= 11 is 0. The van der Waals surface area contributed by atoms with Gasteiger partial charge in [-0.1, -0.05) is 116 Å². The van der Waals surface area contributed by atoms with Gasteiger partial charge in [0.15, 0.2) is 0 Å². The number of nitrogens with zero attached hydrogens (tertiary/aromatic N) is 2. The molecule has 2 nitrogen and oxygen atoms in total. The van der Waals surface area contributed by atoms with Crippen LogP contribution in [0.4, 0.5) is 17.1 Å². The molecular weight excluding hydrogens is 507 g/mol. The largest absolute Gasteiger partial charge is 0.310 e. The summed E-state index contributed by atoms with van der Waals surface area (Å²) < 4.78 is 2.55. The first-order valence-electron chi connectivity index (χ1n) is 14.8. The monoisotopic (exact) mass is 536 g/mol. The molecule has 3 heteroatoms. The van der Waals surface area contributed by atoms with Crippen LogP contribution in [0.3, 0.4) is 0 Å². The van der Waals surface area contributed by atoms with E-state index in [9.17, 15) is 0 Å². The zero-order valence-electron chi connectivity index (χ0n) is 23.8. The molecule has 0 saturated carbocycles. The predicted molar refractivity (Wildman–Crippen MR) is 179 cm³/mol. The summed E-state index contributed by atoms with van der Waals surface area (Å²) in [6, 6.07) is 51.3. The Labute approximate surface area is 246 Å². The standard InChI is InChI=1S/C39H29BN2/c1-39(2)31-18-10-11-19-33(31)40-34-24-21-28(41(26-13-5-3-6-14-26)27-15-7-4-8-16-27)25-36(34)42-35-20-12-9-17-29(35)30-22-23-32(39)37(40)38(30)42/h3-25H,1-2H3. The van der Waals surface area contributed by atoms with Gasteiger partial charge in [-0.2, -0.15) is 0 Å². The zero-order chi connectivity index (χ0) is 28.0. The number of rotatable bonds is 3. The Hall–Kier alpha value is -5.02. The molecule has 0 radical (unpaired) electrons. The third kappa shape index (κ3) is 3.06. The van der Waals surface area contributed by atoms with Crippen molar-refractivity contribution in [1.29, 1.82) is 0 Å². The molecule has 6 aromatic carbocycles. The highest BCUT2D eigenvalue weighted by Gasteiger charge is 2.44. The van der Waals surface area contributed by atoms with Gasteiger partial charge in [-0.05, 0) is 64.5 Å². The van der Waals surface area contributed by atoms with Crippen molar-refractivity contribution in [2.45, 2.75) is 19.3 Å². The molecule has 0 bridgehead atoms. The summed E-state index contributed by atoms with van der Waals surface area (Å²) in [4.78, 5) is 2.37.